The van der Waals surface area contributed by atoms with E-state index in [0.717, 1.165) is 0 Å². The standard InChI is InChI=1S/C18H20N4O6/c1-18(2,3)28-17(26)12(22-19)11(23)9-27-16-13(15(25)21-16)20-14(24)10-7-5-4-6-8-10/h4-8,13,16H,9H2,1-3H3,(H,20,24)(H,21,25)/t13-,16+/m0/s1. The van der Waals surface area contributed by atoms with Gasteiger partial charge in [0.05, 0.1) is 0 Å². The maximum atomic E-state index is 12.1. The zero-order valence-electron chi connectivity index (χ0n) is 15.6. The van der Waals surface area contributed by atoms with E-state index in [9.17, 15) is 19.2 Å². The molecule has 1 heterocycles. The van der Waals surface area contributed by atoms with Crippen molar-refractivity contribution in [3.05, 3.63) is 41.4 Å². The maximum Gasteiger partial charge on any atom is 0.443 e. The van der Waals surface area contributed by atoms with Crippen LogP contribution in [0, 0.1) is 0 Å². The summed E-state index contributed by atoms with van der Waals surface area (Å²) in [5, 5.41) is 4.88. The molecule has 10 nitrogen and oxygen atoms in total. The molecule has 148 valence electrons. The Morgan fingerprint density at radius 1 is 1.21 bits per heavy atom. The zero-order chi connectivity index (χ0) is 20.9. The van der Waals surface area contributed by atoms with Crippen molar-refractivity contribution in [1.29, 1.82) is 0 Å². The molecule has 1 aromatic carbocycles. The quantitative estimate of drug-likeness (QED) is 0.166. The number of esters is 1. The molecule has 0 saturated carbocycles. The van der Waals surface area contributed by atoms with E-state index in [0.29, 0.717) is 5.56 Å². The minimum Gasteiger partial charge on any atom is -0.451 e. The van der Waals surface area contributed by atoms with Gasteiger partial charge >= 0.3 is 11.7 Å². The molecule has 0 spiro atoms. The van der Waals surface area contributed by atoms with Crippen LogP contribution in [0.1, 0.15) is 31.1 Å². The van der Waals surface area contributed by atoms with Crippen LogP contribution in [0.3, 0.4) is 0 Å². The second-order valence-corrected chi connectivity index (χ2v) is 6.93. The Morgan fingerprint density at radius 3 is 2.39 bits per heavy atom. The van der Waals surface area contributed by atoms with Gasteiger partial charge in [-0.15, -0.1) is 0 Å². The largest absolute Gasteiger partial charge is 0.451 e. The molecular formula is C18H20N4O6. The highest BCUT2D eigenvalue weighted by molar-refractivity contribution is 6.62. The van der Waals surface area contributed by atoms with Crippen molar-refractivity contribution in [1.82, 2.24) is 10.6 Å². The van der Waals surface area contributed by atoms with Crippen LogP contribution in [-0.4, -0.2) is 58.5 Å². The summed E-state index contributed by atoms with van der Waals surface area (Å²) in [5.74, 6) is -3.00. The van der Waals surface area contributed by atoms with Gasteiger partial charge in [0.15, 0.2) is 12.3 Å². The van der Waals surface area contributed by atoms with Crippen molar-refractivity contribution in [2.75, 3.05) is 6.61 Å². The van der Waals surface area contributed by atoms with E-state index in [1.807, 2.05) is 0 Å². The zero-order valence-corrected chi connectivity index (χ0v) is 15.6. The first-order chi connectivity index (χ1) is 13.1. The third-order valence-electron chi connectivity index (χ3n) is 3.54. The second kappa shape index (κ2) is 8.55. The Morgan fingerprint density at radius 2 is 1.86 bits per heavy atom. The third-order valence-corrected chi connectivity index (χ3v) is 3.54. The molecule has 2 N–H and O–H groups in total. The first-order valence-electron chi connectivity index (χ1n) is 8.39. The summed E-state index contributed by atoms with van der Waals surface area (Å²) in [6.07, 6.45) is -0.970. The molecule has 1 fully saturated rings. The molecule has 1 aliphatic rings. The van der Waals surface area contributed by atoms with Gasteiger partial charge in [0.1, 0.15) is 12.2 Å². The summed E-state index contributed by atoms with van der Waals surface area (Å²) in [6.45, 7) is 4.10. The van der Waals surface area contributed by atoms with Crippen molar-refractivity contribution in [3.8, 4) is 0 Å². The number of benzene rings is 1. The van der Waals surface area contributed by atoms with Crippen molar-refractivity contribution < 1.29 is 33.4 Å². The predicted octanol–water partition coefficient (Wildman–Crippen LogP) is -0.161. The molecule has 1 aromatic rings. The number of rotatable bonds is 7. The predicted molar refractivity (Wildman–Crippen MR) is 95.1 cm³/mol. The molecule has 2 atom stereocenters. The number of Topliss-reactive ketones (excluding diaryl/α,β-unsaturated/α-hetero) is 1. The highest BCUT2D eigenvalue weighted by Crippen LogP contribution is 2.11. The highest BCUT2D eigenvalue weighted by Gasteiger charge is 2.43. The molecule has 0 aliphatic carbocycles. The first kappa shape index (κ1) is 20.9. The highest BCUT2D eigenvalue weighted by atomic mass is 16.6. The SMILES string of the molecule is CC(C)(C)OC(=O)C(=[N+]=[N-])C(=O)CO[C@H]1NC(=O)[C@@H]1NC(=O)c1ccccc1. The number of nitrogens with one attached hydrogen (secondary N) is 2. The normalized spacial score (nSPS) is 18.2. The van der Waals surface area contributed by atoms with Crippen molar-refractivity contribution in [2.24, 2.45) is 0 Å². The van der Waals surface area contributed by atoms with E-state index in [1.54, 1.807) is 51.1 Å². The average molecular weight is 388 g/mol. The summed E-state index contributed by atoms with van der Waals surface area (Å²) in [4.78, 5) is 50.4. The van der Waals surface area contributed by atoms with E-state index in [4.69, 9.17) is 15.0 Å². The van der Waals surface area contributed by atoms with Gasteiger partial charge in [-0.1, -0.05) is 18.2 Å². The van der Waals surface area contributed by atoms with Crippen molar-refractivity contribution in [2.45, 2.75) is 38.6 Å². The maximum absolute atomic E-state index is 12.1. The fourth-order valence-corrected chi connectivity index (χ4v) is 2.22. The Kier molecular flexibility index (Phi) is 6.40. The summed E-state index contributed by atoms with van der Waals surface area (Å²) in [5.41, 5.74) is 7.57. The summed E-state index contributed by atoms with van der Waals surface area (Å²) >= 11 is 0. The van der Waals surface area contributed by atoms with Crippen LogP contribution in [-0.2, 0) is 23.9 Å². The fraction of sp³-hybridized carbons (Fsp3) is 0.389. The van der Waals surface area contributed by atoms with E-state index in [-0.39, 0.29) is 0 Å². The minimum absolute atomic E-state index is 0.358. The third kappa shape index (κ3) is 5.32. The number of carbonyl (C=O) groups excluding carboxylic acids is 4. The molecule has 10 heteroatoms. The van der Waals surface area contributed by atoms with Crippen LogP contribution in [0.2, 0.25) is 0 Å². The van der Waals surface area contributed by atoms with Crippen LogP contribution < -0.4 is 10.6 Å². The van der Waals surface area contributed by atoms with Crippen molar-refractivity contribution in [3.63, 3.8) is 0 Å². The van der Waals surface area contributed by atoms with Gasteiger partial charge in [-0.3, -0.25) is 14.4 Å². The molecule has 2 amide bonds. The number of ether oxygens (including phenoxy) is 2. The molecule has 28 heavy (non-hydrogen) atoms. The summed E-state index contributed by atoms with van der Waals surface area (Å²) in [6, 6.07) is 7.25. The van der Waals surface area contributed by atoms with Crippen LogP contribution in [0.25, 0.3) is 5.53 Å². The van der Waals surface area contributed by atoms with Crippen molar-refractivity contribution >= 4 is 29.3 Å². The summed E-state index contributed by atoms with van der Waals surface area (Å²) in [7, 11) is 0. The molecule has 0 aromatic heterocycles. The topological polar surface area (TPSA) is 147 Å². The van der Waals surface area contributed by atoms with E-state index >= 15 is 0 Å². The van der Waals surface area contributed by atoms with Gasteiger partial charge in [-0.25, -0.2) is 4.79 Å². The van der Waals surface area contributed by atoms with E-state index in [1.165, 1.54) is 0 Å². The van der Waals surface area contributed by atoms with Gasteiger partial charge in [0, 0.05) is 5.56 Å². The smallest absolute Gasteiger partial charge is 0.443 e. The van der Waals surface area contributed by atoms with Crippen LogP contribution in [0.5, 0.6) is 0 Å². The lowest BCUT2D eigenvalue weighted by Crippen LogP contribution is -2.70. The van der Waals surface area contributed by atoms with Gasteiger partial charge in [-0.05, 0) is 32.9 Å². The van der Waals surface area contributed by atoms with Crippen LogP contribution in [0.15, 0.2) is 30.3 Å². The molecule has 2 rings (SSSR count). The van der Waals surface area contributed by atoms with Crippen LogP contribution >= 0.6 is 0 Å². The molecule has 0 bridgehead atoms. The fourth-order valence-electron chi connectivity index (χ4n) is 2.22. The first-order valence-corrected chi connectivity index (χ1v) is 8.39. The lowest BCUT2D eigenvalue weighted by Gasteiger charge is -2.36. The van der Waals surface area contributed by atoms with Gasteiger partial charge in [0.25, 0.3) is 11.7 Å². The molecule has 1 saturated heterocycles. The average Bonchev–Trinajstić information content (AvgIpc) is 2.62. The summed E-state index contributed by atoms with van der Waals surface area (Å²) < 4.78 is 10.2. The lowest BCUT2D eigenvalue weighted by atomic mass is 10.1. The lowest BCUT2D eigenvalue weighted by molar-refractivity contribution is -0.155. The van der Waals surface area contributed by atoms with Crippen LogP contribution in [0.4, 0.5) is 0 Å². The van der Waals surface area contributed by atoms with E-state index < -0.39 is 53.8 Å². The number of nitrogens with zero attached hydrogens (tertiary/aromatic N) is 2. The monoisotopic (exact) mass is 388 g/mol. The number of carbonyl (C=O) groups is 4. The number of β-lactam (4-membered cyclic amide) rings is 1. The van der Waals surface area contributed by atoms with Gasteiger partial charge in [0.2, 0.25) is 5.91 Å². The number of hydrogen-bond donors (Lipinski definition) is 2. The Bertz CT molecular complexity index is 839. The number of amides is 2. The molecule has 0 radical (unpaired) electrons. The molecule has 0 unspecified atom stereocenters. The van der Waals surface area contributed by atoms with Gasteiger partial charge in [-0.2, -0.15) is 4.79 Å². The second-order valence-electron chi connectivity index (χ2n) is 6.93. The van der Waals surface area contributed by atoms with Gasteiger partial charge < -0.3 is 25.6 Å². The van der Waals surface area contributed by atoms with E-state index in [2.05, 4.69) is 15.4 Å². The Labute approximate surface area is 160 Å². The Hall–Kier alpha value is -3.36. The number of ketones is 1. The minimum atomic E-state index is -1.10. The Balaban J connectivity index is 1.91. The molecular weight excluding hydrogens is 368 g/mol. The molecule has 1 aliphatic heterocycles. The number of hydrogen-bond acceptors (Lipinski definition) is 6.